The molecule has 0 spiro atoms. The third-order valence-electron chi connectivity index (χ3n) is 7.14. The van der Waals surface area contributed by atoms with Gasteiger partial charge >= 0.3 is 0 Å². The first-order valence-electron chi connectivity index (χ1n) is 14.2. The first-order chi connectivity index (χ1) is 21.1. The van der Waals surface area contributed by atoms with Gasteiger partial charge in [-0.3, -0.25) is 13.9 Å². The van der Waals surface area contributed by atoms with E-state index in [1.807, 2.05) is 68.4 Å². The molecule has 2 amide bonds. The normalized spacial score (nSPS) is 11.8. The fourth-order valence-corrected chi connectivity index (χ4v) is 6.29. The van der Waals surface area contributed by atoms with Crippen molar-refractivity contribution in [1.29, 1.82) is 0 Å². The summed E-state index contributed by atoms with van der Waals surface area (Å²) >= 11 is 6.12. The molecule has 0 aliphatic rings. The molecule has 0 aliphatic carbocycles. The molecule has 230 valence electrons. The molecule has 0 saturated carbocycles. The van der Waals surface area contributed by atoms with Gasteiger partial charge in [-0.15, -0.1) is 0 Å². The van der Waals surface area contributed by atoms with Crippen molar-refractivity contribution in [3.05, 3.63) is 125 Å². The summed E-state index contributed by atoms with van der Waals surface area (Å²) in [6.45, 7) is 3.71. The van der Waals surface area contributed by atoms with Crippen molar-refractivity contribution in [1.82, 2.24) is 10.2 Å². The summed E-state index contributed by atoms with van der Waals surface area (Å²) in [7, 11) is -2.74. The van der Waals surface area contributed by atoms with Gasteiger partial charge in [0.2, 0.25) is 11.8 Å². The van der Waals surface area contributed by atoms with Crippen LogP contribution in [-0.2, 0) is 32.6 Å². The fraction of sp³-hybridized carbons (Fsp3) is 0.235. The second-order valence-electron chi connectivity index (χ2n) is 10.3. The van der Waals surface area contributed by atoms with Gasteiger partial charge in [0.15, 0.2) is 0 Å². The summed E-state index contributed by atoms with van der Waals surface area (Å²) in [4.78, 5) is 29.4. The maximum absolute atomic E-state index is 14.4. The van der Waals surface area contributed by atoms with Gasteiger partial charge in [-0.25, -0.2) is 8.42 Å². The SMILES string of the molecule is CCNC(=O)[C@@H](Cc1ccccc1)N(Cc1ccc(C)cc1)C(=O)CN(c1ccc(Cl)cc1)S(=O)(=O)c1ccc(OC)cc1. The number of nitrogens with one attached hydrogen (secondary N) is 1. The Labute approximate surface area is 264 Å². The van der Waals surface area contributed by atoms with Gasteiger partial charge in [-0.2, -0.15) is 0 Å². The smallest absolute Gasteiger partial charge is 0.264 e. The van der Waals surface area contributed by atoms with E-state index < -0.39 is 28.5 Å². The number of hydrogen-bond donors (Lipinski definition) is 1. The molecule has 10 heteroatoms. The molecule has 0 aromatic heterocycles. The minimum Gasteiger partial charge on any atom is -0.497 e. The van der Waals surface area contributed by atoms with E-state index >= 15 is 0 Å². The van der Waals surface area contributed by atoms with E-state index in [1.165, 1.54) is 24.1 Å². The highest BCUT2D eigenvalue weighted by Crippen LogP contribution is 2.27. The summed E-state index contributed by atoms with van der Waals surface area (Å²) in [6, 6.07) is 28.4. The van der Waals surface area contributed by atoms with Crippen LogP contribution in [0, 0.1) is 6.92 Å². The molecule has 0 radical (unpaired) electrons. The van der Waals surface area contributed by atoms with Crippen LogP contribution < -0.4 is 14.4 Å². The summed E-state index contributed by atoms with van der Waals surface area (Å²) in [5.41, 5.74) is 2.98. The maximum Gasteiger partial charge on any atom is 0.264 e. The number of rotatable bonds is 13. The highest BCUT2D eigenvalue weighted by Gasteiger charge is 2.34. The number of ether oxygens (including phenoxy) is 1. The third-order valence-corrected chi connectivity index (χ3v) is 9.18. The number of hydrogen-bond acceptors (Lipinski definition) is 5. The number of aryl methyl sites for hydroxylation is 1. The lowest BCUT2D eigenvalue weighted by Gasteiger charge is -2.34. The van der Waals surface area contributed by atoms with Crippen molar-refractivity contribution in [3.8, 4) is 5.75 Å². The van der Waals surface area contributed by atoms with Gasteiger partial charge in [-0.05, 0) is 73.5 Å². The van der Waals surface area contributed by atoms with E-state index in [2.05, 4.69) is 5.32 Å². The Morgan fingerprint density at radius 3 is 2.09 bits per heavy atom. The Kier molecular flexibility index (Phi) is 11.0. The number of likely N-dealkylation sites (N-methyl/N-ethyl adjacent to an activating group) is 1. The Morgan fingerprint density at radius 2 is 1.50 bits per heavy atom. The summed E-state index contributed by atoms with van der Waals surface area (Å²) in [6.07, 6.45) is 0.246. The molecule has 0 heterocycles. The summed E-state index contributed by atoms with van der Waals surface area (Å²) in [5.74, 6) is -0.370. The van der Waals surface area contributed by atoms with Crippen LogP contribution in [-0.4, -0.2) is 51.4 Å². The molecule has 44 heavy (non-hydrogen) atoms. The molecule has 0 fully saturated rings. The standard InChI is InChI=1S/C34H36ClN3O5S/c1-4-36-34(40)32(22-26-8-6-5-7-9-26)37(23-27-12-10-25(2)11-13-27)33(39)24-38(29-16-14-28(35)15-17-29)44(41,42)31-20-18-30(43-3)19-21-31/h5-21,32H,4,22-24H2,1-3H3,(H,36,40)/t32-/m1/s1. The molecule has 1 atom stereocenters. The van der Waals surface area contributed by atoms with Gasteiger partial charge in [-0.1, -0.05) is 71.8 Å². The van der Waals surface area contributed by atoms with Crippen molar-refractivity contribution in [2.24, 2.45) is 0 Å². The summed E-state index contributed by atoms with van der Waals surface area (Å²) < 4.78 is 34.4. The van der Waals surface area contributed by atoms with Gasteiger partial charge < -0.3 is 15.0 Å². The fourth-order valence-electron chi connectivity index (χ4n) is 4.75. The number of amides is 2. The Hall–Kier alpha value is -4.34. The summed E-state index contributed by atoms with van der Waals surface area (Å²) in [5, 5.41) is 3.28. The van der Waals surface area contributed by atoms with Crippen molar-refractivity contribution in [2.45, 2.75) is 37.8 Å². The second-order valence-corrected chi connectivity index (χ2v) is 12.6. The van der Waals surface area contributed by atoms with E-state index in [9.17, 15) is 18.0 Å². The molecule has 4 aromatic carbocycles. The number of methoxy groups -OCH3 is 1. The van der Waals surface area contributed by atoms with Crippen LogP contribution in [0.15, 0.2) is 108 Å². The minimum absolute atomic E-state index is 0.0179. The van der Waals surface area contributed by atoms with Crippen LogP contribution in [0.5, 0.6) is 5.75 Å². The number of halogens is 1. The first kappa shape index (κ1) is 32.6. The van der Waals surface area contributed by atoms with Gasteiger partial charge in [0.25, 0.3) is 10.0 Å². The van der Waals surface area contributed by atoms with Crippen LogP contribution in [0.25, 0.3) is 0 Å². The number of anilines is 1. The Morgan fingerprint density at radius 1 is 0.864 bits per heavy atom. The molecule has 0 aliphatic heterocycles. The maximum atomic E-state index is 14.4. The quantitative estimate of drug-likeness (QED) is 0.206. The number of sulfonamides is 1. The average Bonchev–Trinajstić information content (AvgIpc) is 3.03. The lowest BCUT2D eigenvalue weighted by Crippen LogP contribution is -2.53. The minimum atomic E-state index is -4.23. The third kappa shape index (κ3) is 8.18. The van der Waals surface area contributed by atoms with Gasteiger partial charge in [0.05, 0.1) is 17.7 Å². The van der Waals surface area contributed by atoms with E-state index in [-0.39, 0.29) is 29.5 Å². The molecule has 0 saturated heterocycles. The zero-order valence-electron chi connectivity index (χ0n) is 24.9. The van der Waals surface area contributed by atoms with E-state index in [0.717, 1.165) is 21.0 Å². The van der Waals surface area contributed by atoms with Crippen molar-refractivity contribution < 1.29 is 22.7 Å². The number of carbonyl (C=O) groups excluding carboxylic acids is 2. The molecule has 4 rings (SSSR count). The van der Waals surface area contributed by atoms with E-state index in [4.69, 9.17) is 16.3 Å². The molecule has 1 N–H and O–H groups in total. The van der Waals surface area contributed by atoms with Crippen molar-refractivity contribution in [2.75, 3.05) is 24.5 Å². The second kappa shape index (κ2) is 14.9. The van der Waals surface area contributed by atoms with Crippen LogP contribution >= 0.6 is 11.6 Å². The number of carbonyl (C=O) groups is 2. The monoisotopic (exact) mass is 633 g/mol. The molecule has 8 nitrogen and oxygen atoms in total. The average molecular weight is 634 g/mol. The molecule has 0 unspecified atom stereocenters. The van der Waals surface area contributed by atoms with Crippen molar-refractivity contribution in [3.63, 3.8) is 0 Å². The topological polar surface area (TPSA) is 96.0 Å². The highest BCUT2D eigenvalue weighted by molar-refractivity contribution is 7.92. The van der Waals surface area contributed by atoms with Crippen molar-refractivity contribution >= 4 is 39.1 Å². The van der Waals surface area contributed by atoms with Crippen LogP contribution in [0.4, 0.5) is 5.69 Å². The molecule has 0 bridgehead atoms. The number of benzene rings is 4. The highest BCUT2D eigenvalue weighted by atomic mass is 35.5. The van der Waals surface area contributed by atoms with Gasteiger partial charge in [0.1, 0.15) is 18.3 Å². The predicted molar refractivity (Wildman–Crippen MR) is 173 cm³/mol. The van der Waals surface area contributed by atoms with E-state index in [1.54, 1.807) is 36.4 Å². The van der Waals surface area contributed by atoms with Crippen LogP contribution in [0.1, 0.15) is 23.6 Å². The number of nitrogens with zero attached hydrogens (tertiary/aromatic N) is 2. The lowest BCUT2D eigenvalue weighted by atomic mass is 10.0. The first-order valence-corrected chi connectivity index (χ1v) is 16.0. The zero-order chi connectivity index (χ0) is 31.7. The Balaban J connectivity index is 1.78. The zero-order valence-corrected chi connectivity index (χ0v) is 26.5. The predicted octanol–water partition coefficient (Wildman–Crippen LogP) is 5.63. The van der Waals surface area contributed by atoms with Gasteiger partial charge in [0, 0.05) is 24.5 Å². The largest absolute Gasteiger partial charge is 0.497 e. The molecular formula is C34H36ClN3O5S. The Bertz CT molecular complexity index is 1650. The lowest BCUT2D eigenvalue weighted by molar-refractivity contribution is -0.140. The van der Waals surface area contributed by atoms with Crippen LogP contribution in [0.2, 0.25) is 5.02 Å². The molecular weight excluding hydrogens is 598 g/mol. The molecule has 4 aromatic rings. The van der Waals surface area contributed by atoms with E-state index in [0.29, 0.717) is 17.3 Å². The van der Waals surface area contributed by atoms with Crippen LogP contribution in [0.3, 0.4) is 0 Å².